The maximum Gasteiger partial charge on any atom is 0.159 e. The van der Waals surface area contributed by atoms with E-state index in [9.17, 15) is 0 Å². The minimum absolute atomic E-state index is 0.317. The molecule has 2 unspecified atom stereocenters. The summed E-state index contributed by atoms with van der Waals surface area (Å²) in [6.45, 7) is 10.2. The largest absolute Gasteiger partial charge is 0.495 e. The Morgan fingerprint density at radius 1 is 1.21 bits per heavy atom. The van der Waals surface area contributed by atoms with Gasteiger partial charge in [-0.05, 0) is 54.7 Å². The average Bonchev–Trinajstić information content (AvgIpc) is 2.85. The van der Waals surface area contributed by atoms with E-state index in [4.69, 9.17) is 10.5 Å². The van der Waals surface area contributed by atoms with E-state index >= 15 is 0 Å². The minimum Gasteiger partial charge on any atom is -0.495 e. The lowest BCUT2D eigenvalue weighted by Gasteiger charge is -2.39. The number of ether oxygens (including phenoxy) is 1. The molecule has 1 aliphatic heterocycles. The molecule has 1 saturated heterocycles. The van der Waals surface area contributed by atoms with E-state index in [1.54, 1.807) is 13.4 Å². The zero-order valence-electron chi connectivity index (χ0n) is 17.5. The molecule has 2 bridgehead atoms. The molecule has 1 aromatic carbocycles. The number of rotatable bonds is 4. The van der Waals surface area contributed by atoms with Crippen molar-refractivity contribution in [3.05, 3.63) is 30.1 Å². The van der Waals surface area contributed by atoms with Crippen LogP contribution in [-0.4, -0.2) is 29.7 Å². The summed E-state index contributed by atoms with van der Waals surface area (Å²) in [7, 11) is 1.66. The van der Waals surface area contributed by atoms with Crippen LogP contribution in [0.2, 0.25) is 0 Å². The molecule has 1 aromatic heterocycles. The summed E-state index contributed by atoms with van der Waals surface area (Å²) in [5, 5.41) is 3.35. The van der Waals surface area contributed by atoms with Gasteiger partial charge < -0.3 is 20.7 Å². The number of nitrogens with two attached hydrogens (primary N) is 1. The number of anilines is 4. The van der Waals surface area contributed by atoms with E-state index < -0.39 is 0 Å². The first-order valence-electron chi connectivity index (χ1n) is 9.98. The number of hydrogen-bond acceptors (Lipinski definition) is 6. The van der Waals surface area contributed by atoms with Crippen LogP contribution in [0.4, 0.5) is 23.0 Å². The number of nitrogens with zero attached hydrogens (tertiary/aromatic N) is 3. The van der Waals surface area contributed by atoms with Crippen LogP contribution in [0.3, 0.4) is 0 Å². The number of nitrogens with one attached hydrogen (secondary N) is 1. The van der Waals surface area contributed by atoms with Crippen LogP contribution in [0.15, 0.2) is 24.5 Å². The van der Waals surface area contributed by atoms with Crippen LogP contribution >= 0.6 is 0 Å². The molecule has 28 heavy (non-hydrogen) atoms. The third-order valence-corrected chi connectivity index (χ3v) is 6.16. The number of methoxy groups -OCH3 is 1. The van der Waals surface area contributed by atoms with Crippen molar-refractivity contribution in [1.82, 2.24) is 9.97 Å². The van der Waals surface area contributed by atoms with Crippen LogP contribution in [0.25, 0.3) is 0 Å². The lowest BCUT2D eigenvalue weighted by Crippen LogP contribution is -2.35. The van der Waals surface area contributed by atoms with Crippen molar-refractivity contribution in [3.8, 4) is 5.75 Å². The van der Waals surface area contributed by atoms with Crippen molar-refractivity contribution in [2.45, 2.75) is 53.0 Å². The second-order valence-corrected chi connectivity index (χ2v) is 9.63. The second kappa shape index (κ2) is 6.54. The van der Waals surface area contributed by atoms with Gasteiger partial charge >= 0.3 is 0 Å². The van der Waals surface area contributed by atoms with E-state index in [0.717, 1.165) is 29.4 Å². The molecule has 1 saturated carbocycles. The maximum absolute atomic E-state index is 6.56. The van der Waals surface area contributed by atoms with Crippen molar-refractivity contribution in [2.24, 2.45) is 10.8 Å². The highest BCUT2D eigenvalue weighted by atomic mass is 16.5. The van der Waals surface area contributed by atoms with Crippen LogP contribution in [-0.2, 0) is 0 Å². The van der Waals surface area contributed by atoms with Crippen LogP contribution < -0.4 is 20.7 Å². The van der Waals surface area contributed by atoms with Gasteiger partial charge in [-0.1, -0.05) is 26.8 Å². The Morgan fingerprint density at radius 3 is 2.75 bits per heavy atom. The quantitative estimate of drug-likeness (QED) is 0.811. The molecule has 2 aromatic rings. The van der Waals surface area contributed by atoms with Gasteiger partial charge in [0.2, 0.25) is 0 Å². The first kappa shape index (κ1) is 18.8. The SMILES string of the molecule is COc1ccc(C)cc1Nc1ncnc(N2CC3(C)CC2CC(C)(C)C3)c1N. The fraction of sp³-hybridized carbons (Fsp3) is 0.545. The second-order valence-electron chi connectivity index (χ2n) is 9.63. The molecule has 4 rings (SSSR count). The Bertz CT molecular complexity index is 896. The molecule has 2 aliphatic rings. The number of aryl methyl sites for hydroxylation is 1. The summed E-state index contributed by atoms with van der Waals surface area (Å²) in [6, 6.07) is 6.48. The van der Waals surface area contributed by atoms with E-state index in [-0.39, 0.29) is 0 Å². The van der Waals surface area contributed by atoms with E-state index in [1.807, 2.05) is 25.1 Å². The monoisotopic (exact) mass is 381 g/mol. The molecule has 0 radical (unpaired) electrons. The number of benzene rings is 1. The Hall–Kier alpha value is -2.50. The predicted molar refractivity (Wildman–Crippen MR) is 114 cm³/mol. The molecule has 1 aliphatic carbocycles. The fourth-order valence-corrected chi connectivity index (χ4v) is 5.47. The van der Waals surface area contributed by atoms with Gasteiger partial charge in [0.25, 0.3) is 0 Å². The van der Waals surface area contributed by atoms with Gasteiger partial charge in [0, 0.05) is 12.6 Å². The van der Waals surface area contributed by atoms with E-state index in [1.165, 1.54) is 19.3 Å². The van der Waals surface area contributed by atoms with Gasteiger partial charge in [-0.2, -0.15) is 0 Å². The van der Waals surface area contributed by atoms with Crippen LogP contribution in [0, 0.1) is 17.8 Å². The summed E-state index contributed by atoms with van der Waals surface area (Å²) in [4.78, 5) is 11.4. The van der Waals surface area contributed by atoms with E-state index in [2.05, 4.69) is 41.0 Å². The normalized spacial score (nSPS) is 25.6. The molecule has 150 valence electrons. The Morgan fingerprint density at radius 2 is 2.00 bits per heavy atom. The highest BCUT2D eigenvalue weighted by molar-refractivity contribution is 5.80. The molecule has 2 fully saturated rings. The highest BCUT2D eigenvalue weighted by Crippen LogP contribution is 2.54. The third kappa shape index (κ3) is 3.36. The maximum atomic E-state index is 6.56. The van der Waals surface area contributed by atoms with E-state index in [0.29, 0.717) is 28.4 Å². The Balaban J connectivity index is 1.66. The molecule has 0 amide bonds. The molecule has 3 N–H and O–H groups in total. The summed E-state index contributed by atoms with van der Waals surface area (Å²) >= 11 is 0. The molecule has 2 atom stereocenters. The number of fused-ring (bicyclic) bond motifs is 2. The molecule has 6 nitrogen and oxygen atoms in total. The van der Waals surface area contributed by atoms with Crippen molar-refractivity contribution in [2.75, 3.05) is 29.6 Å². The van der Waals surface area contributed by atoms with Gasteiger partial charge in [-0.15, -0.1) is 0 Å². The minimum atomic E-state index is 0.317. The molecule has 2 heterocycles. The van der Waals surface area contributed by atoms with Crippen LogP contribution in [0.1, 0.15) is 45.6 Å². The number of hydrogen-bond donors (Lipinski definition) is 2. The van der Waals surface area contributed by atoms with Crippen molar-refractivity contribution < 1.29 is 4.74 Å². The number of aromatic nitrogens is 2. The van der Waals surface area contributed by atoms with Gasteiger partial charge in [0.15, 0.2) is 11.6 Å². The lowest BCUT2D eigenvalue weighted by molar-refractivity contribution is 0.136. The van der Waals surface area contributed by atoms with Gasteiger partial charge in [-0.25, -0.2) is 9.97 Å². The first-order chi connectivity index (χ1) is 13.2. The Labute approximate surface area is 167 Å². The van der Waals surface area contributed by atoms with Crippen molar-refractivity contribution in [3.63, 3.8) is 0 Å². The predicted octanol–water partition coefficient (Wildman–Crippen LogP) is 4.52. The average molecular weight is 382 g/mol. The van der Waals surface area contributed by atoms with Gasteiger partial charge in [0.1, 0.15) is 17.8 Å². The van der Waals surface area contributed by atoms with Crippen molar-refractivity contribution in [1.29, 1.82) is 0 Å². The Kier molecular flexibility index (Phi) is 4.40. The molecule has 6 heteroatoms. The molecular weight excluding hydrogens is 350 g/mol. The fourth-order valence-electron chi connectivity index (χ4n) is 5.47. The van der Waals surface area contributed by atoms with Crippen molar-refractivity contribution >= 4 is 23.0 Å². The zero-order valence-corrected chi connectivity index (χ0v) is 17.5. The van der Waals surface area contributed by atoms with Gasteiger partial charge in [0.05, 0.1) is 12.8 Å². The number of nitrogen functional groups attached to an aromatic ring is 1. The molecule has 0 spiro atoms. The summed E-state index contributed by atoms with van der Waals surface area (Å²) < 4.78 is 5.48. The first-order valence-corrected chi connectivity index (χ1v) is 9.98. The summed E-state index contributed by atoms with van der Waals surface area (Å²) in [6.07, 6.45) is 5.21. The summed E-state index contributed by atoms with van der Waals surface area (Å²) in [5.74, 6) is 2.23. The third-order valence-electron chi connectivity index (χ3n) is 6.16. The van der Waals surface area contributed by atoms with Gasteiger partial charge in [-0.3, -0.25) is 0 Å². The lowest BCUT2D eigenvalue weighted by atomic mass is 9.65. The molecular formula is C22H31N5O. The summed E-state index contributed by atoms with van der Waals surface area (Å²) in [5.41, 5.74) is 9.82. The standard InChI is InChI=1S/C22H31N5O/c1-14-6-7-17(28-5)16(8-14)26-19-18(23)20(25-13-24-19)27-12-22(4)10-15(27)9-21(2,3)11-22/h6-8,13,15H,9-12,23H2,1-5H3,(H,24,25,26). The zero-order chi connectivity index (χ0) is 20.1. The van der Waals surface area contributed by atoms with Crippen LogP contribution in [0.5, 0.6) is 5.75 Å². The highest BCUT2D eigenvalue weighted by Gasteiger charge is 2.50. The topological polar surface area (TPSA) is 76.3 Å². The smallest absolute Gasteiger partial charge is 0.159 e.